The minimum Gasteiger partial charge on any atom is -0.493 e. The third-order valence-corrected chi connectivity index (χ3v) is 4.68. The smallest absolute Gasteiger partial charge is 0.203 e. The molecule has 0 spiro atoms. The summed E-state index contributed by atoms with van der Waals surface area (Å²) in [6.45, 7) is 4.50. The highest BCUT2D eigenvalue weighted by Gasteiger charge is 2.33. The molecular formula is C17H26O4. The van der Waals surface area contributed by atoms with Gasteiger partial charge in [-0.3, -0.25) is 0 Å². The minimum absolute atomic E-state index is 0.190. The number of benzene rings is 1. The van der Waals surface area contributed by atoms with Crippen molar-refractivity contribution in [3.8, 4) is 17.2 Å². The van der Waals surface area contributed by atoms with Crippen LogP contribution in [-0.2, 0) is 0 Å². The van der Waals surface area contributed by atoms with E-state index in [2.05, 4.69) is 19.9 Å². The van der Waals surface area contributed by atoms with Crippen LogP contribution in [0.3, 0.4) is 0 Å². The molecule has 1 aliphatic carbocycles. The molecule has 4 heteroatoms. The van der Waals surface area contributed by atoms with Gasteiger partial charge in [-0.25, -0.2) is 0 Å². The third kappa shape index (κ3) is 2.69. The Bertz CT molecular complexity index is 498. The van der Waals surface area contributed by atoms with Crippen molar-refractivity contribution in [2.24, 2.45) is 5.92 Å². The number of fused-ring (bicyclic) bond motifs is 1. The normalized spacial score (nSPS) is 22.4. The summed E-state index contributed by atoms with van der Waals surface area (Å²) in [6, 6.07) is 2.06. The van der Waals surface area contributed by atoms with E-state index in [1.807, 2.05) is 0 Å². The molecule has 0 aliphatic heterocycles. The first-order valence-electron chi connectivity index (χ1n) is 7.52. The predicted molar refractivity (Wildman–Crippen MR) is 82.7 cm³/mol. The maximum absolute atomic E-state index is 9.55. The fourth-order valence-corrected chi connectivity index (χ4v) is 3.46. The molecule has 1 aromatic carbocycles. The Hall–Kier alpha value is -1.42. The summed E-state index contributed by atoms with van der Waals surface area (Å²) in [6.07, 6.45) is 2.17. The third-order valence-electron chi connectivity index (χ3n) is 4.68. The van der Waals surface area contributed by atoms with Crippen molar-refractivity contribution in [3.63, 3.8) is 0 Å². The second kappa shape index (κ2) is 6.56. The van der Waals surface area contributed by atoms with Crippen molar-refractivity contribution < 1.29 is 19.3 Å². The molecule has 118 valence electrons. The lowest BCUT2D eigenvalue weighted by atomic mass is 9.72. The topological polar surface area (TPSA) is 47.9 Å². The average Bonchev–Trinajstić information content (AvgIpc) is 2.52. The fraction of sp³-hybridized carbons (Fsp3) is 0.647. The molecule has 0 aromatic heterocycles. The van der Waals surface area contributed by atoms with Crippen molar-refractivity contribution >= 4 is 0 Å². The van der Waals surface area contributed by atoms with Crippen LogP contribution in [0.5, 0.6) is 17.2 Å². The van der Waals surface area contributed by atoms with Crippen molar-refractivity contribution in [2.45, 2.75) is 38.5 Å². The summed E-state index contributed by atoms with van der Waals surface area (Å²) in [5.41, 5.74) is 2.43. The number of rotatable bonds is 5. The molecular weight excluding hydrogens is 268 g/mol. The first-order chi connectivity index (χ1) is 10.1. The molecule has 0 heterocycles. The lowest BCUT2D eigenvalue weighted by Gasteiger charge is -2.35. The first-order valence-corrected chi connectivity index (χ1v) is 7.52. The van der Waals surface area contributed by atoms with Crippen LogP contribution in [0.4, 0.5) is 0 Å². The number of hydrogen-bond donors (Lipinski definition) is 1. The lowest BCUT2D eigenvalue weighted by Crippen LogP contribution is -2.21. The van der Waals surface area contributed by atoms with Gasteiger partial charge in [0.2, 0.25) is 5.75 Å². The van der Waals surface area contributed by atoms with Gasteiger partial charge in [-0.2, -0.15) is 0 Å². The van der Waals surface area contributed by atoms with Gasteiger partial charge >= 0.3 is 0 Å². The Balaban J connectivity index is 2.66. The van der Waals surface area contributed by atoms with E-state index >= 15 is 0 Å². The molecule has 0 amide bonds. The van der Waals surface area contributed by atoms with E-state index in [0.29, 0.717) is 23.3 Å². The summed E-state index contributed by atoms with van der Waals surface area (Å²) in [5.74, 6) is 3.08. The Morgan fingerprint density at radius 1 is 1.14 bits per heavy atom. The van der Waals surface area contributed by atoms with Crippen molar-refractivity contribution in [1.82, 2.24) is 0 Å². The van der Waals surface area contributed by atoms with Gasteiger partial charge in [0, 0.05) is 12.2 Å². The number of methoxy groups -OCH3 is 3. The minimum atomic E-state index is 0.190. The van der Waals surface area contributed by atoms with E-state index in [1.165, 1.54) is 11.1 Å². The molecule has 3 atom stereocenters. The Morgan fingerprint density at radius 2 is 1.81 bits per heavy atom. The molecule has 1 aliphatic rings. The maximum Gasteiger partial charge on any atom is 0.203 e. The summed E-state index contributed by atoms with van der Waals surface area (Å²) in [4.78, 5) is 0. The SMILES string of the molecule is COc1cc2c(c(OC)c1OC)[C@@H](C)CC[C@@H]2[C@@H](C)CO. The van der Waals surface area contributed by atoms with Gasteiger partial charge in [-0.15, -0.1) is 0 Å². The lowest BCUT2D eigenvalue weighted by molar-refractivity contribution is 0.204. The predicted octanol–water partition coefficient (Wildman–Crippen LogP) is 3.32. The van der Waals surface area contributed by atoms with Crippen LogP contribution in [0, 0.1) is 5.92 Å². The molecule has 21 heavy (non-hydrogen) atoms. The van der Waals surface area contributed by atoms with Gasteiger partial charge in [0.15, 0.2) is 11.5 Å². The molecule has 0 bridgehead atoms. The van der Waals surface area contributed by atoms with Crippen LogP contribution in [-0.4, -0.2) is 33.0 Å². The van der Waals surface area contributed by atoms with Crippen LogP contribution in [0.2, 0.25) is 0 Å². The summed E-state index contributed by atoms with van der Waals surface area (Å²) in [7, 11) is 4.94. The number of aliphatic hydroxyl groups is 1. The zero-order valence-corrected chi connectivity index (χ0v) is 13.6. The Kier molecular flexibility index (Phi) is 4.99. The van der Waals surface area contributed by atoms with Gasteiger partial charge < -0.3 is 19.3 Å². The van der Waals surface area contributed by atoms with Gasteiger partial charge in [0.05, 0.1) is 21.3 Å². The summed E-state index contributed by atoms with van der Waals surface area (Å²) >= 11 is 0. The molecule has 0 saturated carbocycles. The van der Waals surface area contributed by atoms with Crippen molar-refractivity contribution in [1.29, 1.82) is 0 Å². The van der Waals surface area contributed by atoms with E-state index in [-0.39, 0.29) is 12.5 Å². The van der Waals surface area contributed by atoms with Crippen LogP contribution in [0.15, 0.2) is 6.07 Å². The standard InChI is InChI=1S/C17H26O4/c1-10-6-7-12(11(2)9-18)13-8-14(19-3)16(20-4)17(21-5)15(10)13/h8,10-12,18H,6-7,9H2,1-5H3/t10-,11-,12+/m0/s1. The Labute approximate surface area is 127 Å². The van der Waals surface area contributed by atoms with E-state index in [9.17, 15) is 5.11 Å². The Morgan fingerprint density at radius 3 is 2.33 bits per heavy atom. The van der Waals surface area contributed by atoms with Crippen molar-refractivity contribution in [2.75, 3.05) is 27.9 Å². The van der Waals surface area contributed by atoms with E-state index < -0.39 is 0 Å². The molecule has 0 saturated heterocycles. The number of hydrogen-bond acceptors (Lipinski definition) is 4. The van der Waals surface area contributed by atoms with Crippen LogP contribution < -0.4 is 14.2 Å². The van der Waals surface area contributed by atoms with E-state index in [0.717, 1.165) is 18.6 Å². The van der Waals surface area contributed by atoms with Crippen LogP contribution in [0.1, 0.15) is 49.7 Å². The van der Waals surface area contributed by atoms with Gasteiger partial charge in [-0.05, 0) is 42.2 Å². The number of ether oxygens (including phenoxy) is 3. The highest BCUT2D eigenvalue weighted by molar-refractivity contribution is 5.61. The largest absolute Gasteiger partial charge is 0.493 e. The zero-order valence-electron chi connectivity index (χ0n) is 13.6. The molecule has 0 fully saturated rings. The summed E-state index contributed by atoms with van der Waals surface area (Å²) < 4.78 is 16.6. The van der Waals surface area contributed by atoms with E-state index in [1.54, 1.807) is 21.3 Å². The van der Waals surface area contributed by atoms with E-state index in [4.69, 9.17) is 14.2 Å². The maximum atomic E-state index is 9.55. The highest BCUT2D eigenvalue weighted by Crippen LogP contribution is 2.52. The van der Waals surface area contributed by atoms with Crippen molar-refractivity contribution in [3.05, 3.63) is 17.2 Å². The fourth-order valence-electron chi connectivity index (χ4n) is 3.46. The van der Waals surface area contributed by atoms with Gasteiger partial charge in [0.25, 0.3) is 0 Å². The van der Waals surface area contributed by atoms with Crippen LogP contribution >= 0.6 is 0 Å². The molecule has 0 radical (unpaired) electrons. The molecule has 4 nitrogen and oxygen atoms in total. The second-order valence-corrected chi connectivity index (χ2v) is 5.89. The first kappa shape index (κ1) is 16.0. The number of aliphatic hydroxyl groups excluding tert-OH is 1. The quantitative estimate of drug-likeness (QED) is 0.905. The van der Waals surface area contributed by atoms with Crippen LogP contribution in [0.25, 0.3) is 0 Å². The average molecular weight is 294 g/mol. The second-order valence-electron chi connectivity index (χ2n) is 5.89. The molecule has 0 unspecified atom stereocenters. The zero-order chi connectivity index (χ0) is 15.6. The molecule has 1 aromatic rings. The van der Waals surface area contributed by atoms with Gasteiger partial charge in [0.1, 0.15) is 0 Å². The summed E-state index contributed by atoms with van der Waals surface area (Å²) in [5, 5.41) is 9.55. The highest BCUT2D eigenvalue weighted by atomic mass is 16.5. The molecule has 2 rings (SSSR count). The monoisotopic (exact) mass is 294 g/mol. The van der Waals surface area contributed by atoms with Gasteiger partial charge in [-0.1, -0.05) is 13.8 Å². The molecule has 1 N–H and O–H groups in total.